The minimum Gasteiger partial charge on any atom is -0.481 e. The molecule has 0 radical (unpaired) electrons. The van der Waals surface area contributed by atoms with E-state index in [1.54, 1.807) is 6.92 Å². The van der Waals surface area contributed by atoms with E-state index in [9.17, 15) is 4.79 Å². The van der Waals surface area contributed by atoms with Crippen LogP contribution in [0.4, 0.5) is 5.69 Å². The van der Waals surface area contributed by atoms with Crippen LogP contribution in [0.2, 0.25) is 0 Å². The summed E-state index contributed by atoms with van der Waals surface area (Å²) in [5.41, 5.74) is 5.26. The zero-order valence-electron chi connectivity index (χ0n) is 13.9. The Labute approximate surface area is 132 Å². The number of carbonyl (C=O) groups is 1. The van der Waals surface area contributed by atoms with E-state index in [1.165, 1.54) is 5.56 Å². The average molecular weight is 297 g/mol. The van der Waals surface area contributed by atoms with E-state index in [0.29, 0.717) is 0 Å². The predicted octanol–water partition coefficient (Wildman–Crippen LogP) is 4.33. The van der Waals surface area contributed by atoms with Gasteiger partial charge < -0.3 is 10.1 Å². The van der Waals surface area contributed by atoms with Crippen LogP contribution in [-0.2, 0) is 4.79 Å². The van der Waals surface area contributed by atoms with Crippen molar-refractivity contribution in [2.75, 3.05) is 5.32 Å². The fourth-order valence-corrected chi connectivity index (χ4v) is 2.33. The van der Waals surface area contributed by atoms with Crippen molar-refractivity contribution in [1.29, 1.82) is 0 Å². The van der Waals surface area contributed by atoms with Gasteiger partial charge in [0.1, 0.15) is 5.75 Å². The quantitative estimate of drug-likeness (QED) is 0.912. The number of ether oxygens (including phenoxy) is 1. The molecule has 0 aliphatic heterocycles. The molecular formula is C19H23NO2. The van der Waals surface area contributed by atoms with Crippen molar-refractivity contribution in [3.63, 3.8) is 0 Å². The first-order chi connectivity index (χ1) is 10.4. The normalized spacial score (nSPS) is 11.9. The molecule has 0 saturated heterocycles. The maximum Gasteiger partial charge on any atom is 0.265 e. The SMILES string of the molecule is Cc1cccc(NC(=O)C(C)Oc2cc(C)cc(C)c2C)c1. The standard InChI is InChI=1S/C19H23NO2/c1-12-7-6-8-17(10-12)20-19(21)16(5)22-18-11-13(2)9-14(3)15(18)4/h6-11,16H,1-5H3,(H,20,21). The fourth-order valence-electron chi connectivity index (χ4n) is 2.33. The summed E-state index contributed by atoms with van der Waals surface area (Å²) in [5, 5.41) is 2.89. The van der Waals surface area contributed by atoms with Crippen LogP contribution >= 0.6 is 0 Å². The van der Waals surface area contributed by atoms with Gasteiger partial charge in [-0.3, -0.25) is 4.79 Å². The molecule has 0 spiro atoms. The number of aryl methyl sites for hydroxylation is 3. The number of hydrogen-bond acceptors (Lipinski definition) is 2. The van der Waals surface area contributed by atoms with Gasteiger partial charge in [-0.2, -0.15) is 0 Å². The molecule has 2 aromatic rings. The zero-order chi connectivity index (χ0) is 16.3. The molecule has 1 amide bonds. The Balaban J connectivity index is 2.09. The van der Waals surface area contributed by atoms with Crippen molar-refractivity contribution in [2.24, 2.45) is 0 Å². The number of carbonyl (C=O) groups excluding carboxylic acids is 1. The maximum absolute atomic E-state index is 12.3. The van der Waals surface area contributed by atoms with E-state index in [2.05, 4.69) is 11.4 Å². The third-order valence-corrected chi connectivity index (χ3v) is 3.72. The first-order valence-electron chi connectivity index (χ1n) is 7.49. The van der Waals surface area contributed by atoms with Crippen molar-refractivity contribution in [2.45, 2.75) is 40.7 Å². The van der Waals surface area contributed by atoms with Crippen molar-refractivity contribution in [3.8, 4) is 5.75 Å². The maximum atomic E-state index is 12.3. The third kappa shape index (κ3) is 3.88. The molecule has 116 valence electrons. The smallest absolute Gasteiger partial charge is 0.265 e. The van der Waals surface area contributed by atoms with Gasteiger partial charge in [0.15, 0.2) is 6.10 Å². The lowest BCUT2D eigenvalue weighted by molar-refractivity contribution is -0.122. The molecule has 22 heavy (non-hydrogen) atoms. The highest BCUT2D eigenvalue weighted by molar-refractivity contribution is 5.94. The van der Waals surface area contributed by atoms with Gasteiger partial charge in [0, 0.05) is 5.69 Å². The molecule has 2 aromatic carbocycles. The summed E-state index contributed by atoms with van der Waals surface area (Å²) in [6.45, 7) is 9.84. The van der Waals surface area contributed by atoms with Crippen LogP contribution in [0.3, 0.4) is 0 Å². The number of rotatable bonds is 4. The second kappa shape index (κ2) is 6.65. The zero-order valence-corrected chi connectivity index (χ0v) is 13.9. The van der Waals surface area contributed by atoms with Gasteiger partial charge in [0.2, 0.25) is 0 Å². The highest BCUT2D eigenvalue weighted by Crippen LogP contribution is 2.24. The summed E-state index contributed by atoms with van der Waals surface area (Å²) in [6, 6.07) is 11.8. The summed E-state index contributed by atoms with van der Waals surface area (Å²) in [4.78, 5) is 12.3. The molecule has 1 atom stereocenters. The summed E-state index contributed by atoms with van der Waals surface area (Å²) in [7, 11) is 0. The topological polar surface area (TPSA) is 38.3 Å². The van der Waals surface area contributed by atoms with E-state index in [4.69, 9.17) is 4.74 Å². The molecule has 3 heteroatoms. The van der Waals surface area contributed by atoms with Gasteiger partial charge in [-0.1, -0.05) is 18.2 Å². The minimum atomic E-state index is -0.555. The van der Waals surface area contributed by atoms with Crippen LogP contribution in [0.1, 0.15) is 29.2 Å². The Bertz CT molecular complexity index is 692. The Hall–Kier alpha value is -2.29. The van der Waals surface area contributed by atoms with Gasteiger partial charge in [-0.15, -0.1) is 0 Å². The Morgan fingerprint density at radius 3 is 2.45 bits per heavy atom. The van der Waals surface area contributed by atoms with Gasteiger partial charge >= 0.3 is 0 Å². The summed E-state index contributed by atoms with van der Waals surface area (Å²) < 4.78 is 5.86. The van der Waals surface area contributed by atoms with E-state index in [-0.39, 0.29) is 5.91 Å². The number of hydrogen-bond donors (Lipinski definition) is 1. The Morgan fingerprint density at radius 1 is 1.05 bits per heavy atom. The third-order valence-electron chi connectivity index (χ3n) is 3.72. The van der Waals surface area contributed by atoms with E-state index in [0.717, 1.165) is 28.1 Å². The monoisotopic (exact) mass is 297 g/mol. The molecule has 1 N–H and O–H groups in total. The van der Waals surface area contributed by atoms with Crippen LogP contribution in [0.15, 0.2) is 36.4 Å². The van der Waals surface area contributed by atoms with Crippen LogP contribution in [0.25, 0.3) is 0 Å². The summed E-state index contributed by atoms with van der Waals surface area (Å²) in [6.07, 6.45) is -0.555. The van der Waals surface area contributed by atoms with Crippen LogP contribution in [0.5, 0.6) is 5.75 Å². The number of nitrogens with one attached hydrogen (secondary N) is 1. The summed E-state index contributed by atoms with van der Waals surface area (Å²) in [5.74, 6) is 0.619. The van der Waals surface area contributed by atoms with Crippen LogP contribution in [0, 0.1) is 27.7 Å². The summed E-state index contributed by atoms with van der Waals surface area (Å²) >= 11 is 0. The van der Waals surface area contributed by atoms with Crippen LogP contribution < -0.4 is 10.1 Å². The molecule has 0 heterocycles. The number of amides is 1. The highest BCUT2D eigenvalue weighted by atomic mass is 16.5. The molecule has 0 saturated carbocycles. The molecule has 0 aromatic heterocycles. The lowest BCUT2D eigenvalue weighted by Gasteiger charge is -2.18. The van der Waals surface area contributed by atoms with E-state index in [1.807, 2.05) is 58.0 Å². The molecule has 0 fully saturated rings. The van der Waals surface area contributed by atoms with Gasteiger partial charge in [-0.05, 0) is 75.1 Å². The van der Waals surface area contributed by atoms with E-state index >= 15 is 0 Å². The second-order valence-electron chi connectivity index (χ2n) is 5.82. The Morgan fingerprint density at radius 2 is 1.77 bits per heavy atom. The molecule has 0 aliphatic carbocycles. The molecule has 0 bridgehead atoms. The first-order valence-corrected chi connectivity index (χ1v) is 7.49. The highest BCUT2D eigenvalue weighted by Gasteiger charge is 2.16. The van der Waals surface area contributed by atoms with Crippen molar-refractivity contribution in [3.05, 3.63) is 58.7 Å². The second-order valence-corrected chi connectivity index (χ2v) is 5.82. The fraction of sp³-hybridized carbons (Fsp3) is 0.316. The van der Waals surface area contributed by atoms with Crippen molar-refractivity contribution >= 4 is 11.6 Å². The molecule has 0 aliphatic rings. The predicted molar refractivity (Wildman–Crippen MR) is 90.6 cm³/mol. The molecule has 2 rings (SSSR count). The number of anilines is 1. The average Bonchev–Trinajstić information content (AvgIpc) is 2.44. The van der Waals surface area contributed by atoms with Gasteiger partial charge in [0.05, 0.1) is 0 Å². The molecule has 1 unspecified atom stereocenters. The largest absolute Gasteiger partial charge is 0.481 e. The number of benzene rings is 2. The van der Waals surface area contributed by atoms with Crippen LogP contribution in [-0.4, -0.2) is 12.0 Å². The lowest BCUT2D eigenvalue weighted by atomic mass is 10.1. The van der Waals surface area contributed by atoms with Gasteiger partial charge in [-0.25, -0.2) is 0 Å². The first kappa shape index (κ1) is 16.1. The van der Waals surface area contributed by atoms with Gasteiger partial charge in [0.25, 0.3) is 5.91 Å². The Kier molecular flexibility index (Phi) is 4.86. The lowest BCUT2D eigenvalue weighted by Crippen LogP contribution is -2.30. The minimum absolute atomic E-state index is 0.149. The van der Waals surface area contributed by atoms with Crippen molar-refractivity contribution < 1.29 is 9.53 Å². The van der Waals surface area contributed by atoms with E-state index < -0.39 is 6.10 Å². The van der Waals surface area contributed by atoms with Crippen molar-refractivity contribution in [1.82, 2.24) is 0 Å². The molecule has 3 nitrogen and oxygen atoms in total. The molecular weight excluding hydrogens is 274 g/mol.